The molecule has 4 nitrogen and oxygen atoms in total. The second-order valence-electron chi connectivity index (χ2n) is 5.76. The number of rotatable bonds is 4. The Bertz CT molecular complexity index is 453. The van der Waals surface area contributed by atoms with E-state index in [1.165, 1.54) is 11.1 Å². The van der Waals surface area contributed by atoms with Gasteiger partial charge in [-0.3, -0.25) is 4.79 Å². The number of carbonyl (C=O) groups is 1. The lowest BCUT2D eigenvalue weighted by Gasteiger charge is -2.30. The third-order valence-corrected chi connectivity index (χ3v) is 4.04. The highest BCUT2D eigenvalue weighted by Gasteiger charge is 2.22. The van der Waals surface area contributed by atoms with Crippen molar-refractivity contribution in [3.05, 3.63) is 29.3 Å². The molecule has 1 aromatic rings. The smallest absolute Gasteiger partial charge is 0.239 e. The van der Waals surface area contributed by atoms with E-state index in [0.717, 1.165) is 25.2 Å². The van der Waals surface area contributed by atoms with Crippen LogP contribution in [0.15, 0.2) is 18.2 Å². The maximum atomic E-state index is 12.1. The van der Waals surface area contributed by atoms with Crippen molar-refractivity contribution in [1.29, 1.82) is 0 Å². The van der Waals surface area contributed by atoms with Gasteiger partial charge in [-0.25, -0.2) is 0 Å². The van der Waals surface area contributed by atoms with Crippen LogP contribution in [0, 0.1) is 19.8 Å². The van der Waals surface area contributed by atoms with E-state index in [0.29, 0.717) is 18.5 Å². The predicted octanol–water partition coefficient (Wildman–Crippen LogP) is 1.83. The normalized spacial score (nSPS) is 22.4. The SMILES string of the molecule is Cc1cccc(C)c1NCC(=O)NC1CCNCC1C. The predicted molar refractivity (Wildman–Crippen MR) is 83.0 cm³/mol. The minimum atomic E-state index is 0.0754. The Morgan fingerprint density at radius 1 is 1.35 bits per heavy atom. The topological polar surface area (TPSA) is 53.2 Å². The van der Waals surface area contributed by atoms with E-state index in [1.54, 1.807) is 0 Å². The molecule has 110 valence electrons. The molecule has 1 amide bonds. The Labute approximate surface area is 121 Å². The summed E-state index contributed by atoms with van der Waals surface area (Å²) in [4.78, 5) is 12.1. The lowest BCUT2D eigenvalue weighted by molar-refractivity contribution is -0.120. The number of amides is 1. The molecule has 1 saturated heterocycles. The molecule has 4 heteroatoms. The highest BCUT2D eigenvalue weighted by Crippen LogP contribution is 2.19. The van der Waals surface area contributed by atoms with Crippen molar-refractivity contribution in [1.82, 2.24) is 10.6 Å². The van der Waals surface area contributed by atoms with Crippen molar-refractivity contribution in [2.24, 2.45) is 5.92 Å². The minimum absolute atomic E-state index is 0.0754. The molecule has 0 spiro atoms. The molecule has 0 aromatic heterocycles. The van der Waals surface area contributed by atoms with Gasteiger partial charge in [0, 0.05) is 11.7 Å². The van der Waals surface area contributed by atoms with E-state index in [4.69, 9.17) is 0 Å². The molecule has 0 radical (unpaired) electrons. The Morgan fingerprint density at radius 3 is 2.70 bits per heavy atom. The first-order valence-electron chi connectivity index (χ1n) is 7.38. The van der Waals surface area contributed by atoms with Crippen LogP contribution in [0.25, 0.3) is 0 Å². The van der Waals surface area contributed by atoms with Crippen LogP contribution in [0.4, 0.5) is 5.69 Å². The van der Waals surface area contributed by atoms with Gasteiger partial charge in [0.25, 0.3) is 0 Å². The van der Waals surface area contributed by atoms with Crippen molar-refractivity contribution in [2.45, 2.75) is 33.2 Å². The zero-order valence-electron chi connectivity index (χ0n) is 12.6. The van der Waals surface area contributed by atoms with Crippen molar-refractivity contribution < 1.29 is 4.79 Å². The number of benzene rings is 1. The van der Waals surface area contributed by atoms with Crippen LogP contribution in [-0.2, 0) is 4.79 Å². The maximum absolute atomic E-state index is 12.1. The first-order valence-corrected chi connectivity index (χ1v) is 7.38. The number of carbonyl (C=O) groups excluding carboxylic acids is 1. The third-order valence-electron chi connectivity index (χ3n) is 4.04. The van der Waals surface area contributed by atoms with Crippen LogP contribution in [-0.4, -0.2) is 31.6 Å². The summed E-state index contributed by atoms with van der Waals surface area (Å²) >= 11 is 0. The van der Waals surface area contributed by atoms with Gasteiger partial charge in [-0.2, -0.15) is 0 Å². The highest BCUT2D eigenvalue weighted by molar-refractivity contribution is 5.81. The first-order chi connectivity index (χ1) is 9.58. The molecule has 1 heterocycles. The molecule has 0 saturated carbocycles. The van der Waals surface area contributed by atoms with Crippen LogP contribution in [0.5, 0.6) is 0 Å². The van der Waals surface area contributed by atoms with E-state index in [1.807, 2.05) is 6.07 Å². The van der Waals surface area contributed by atoms with Crippen molar-refractivity contribution >= 4 is 11.6 Å². The van der Waals surface area contributed by atoms with Crippen LogP contribution in [0.3, 0.4) is 0 Å². The molecular weight excluding hydrogens is 250 g/mol. The first kappa shape index (κ1) is 14.9. The van der Waals surface area contributed by atoms with Gasteiger partial charge in [-0.15, -0.1) is 0 Å². The largest absolute Gasteiger partial charge is 0.376 e. The van der Waals surface area contributed by atoms with Crippen LogP contribution in [0.1, 0.15) is 24.5 Å². The summed E-state index contributed by atoms with van der Waals surface area (Å²) in [6.07, 6.45) is 1.01. The van der Waals surface area contributed by atoms with Crippen molar-refractivity contribution in [3.63, 3.8) is 0 Å². The van der Waals surface area contributed by atoms with Gasteiger partial charge in [-0.05, 0) is 50.4 Å². The van der Waals surface area contributed by atoms with Crippen molar-refractivity contribution in [3.8, 4) is 0 Å². The van der Waals surface area contributed by atoms with Crippen LogP contribution in [0.2, 0.25) is 0 Å². The second kappa shape index (κ2) is 6.75. The monoisotopic (exact) mass is 275 g/mol. The number of piperidine rings is 1. The second-order valence-corrected chi connectivity index (χ2v) is 5.76. The molecule has 1 aliphatic rings. The van der Waals surface area contributed by atoms with Crippen molar-refractivity contribution in [2.75, 3.05) is 25.0 Å². The summed E-state index contributed by atoms with van der Waals surface area (Å²) in [5, 5.41) is 9.74. The molecule has 3 N–H and O–H groups in total. The van der Waals surface area contributed by atoms with Gasteiger partial charge in [0.2, 0.25) is 5.91 Å². The molecule has 0 bridgehead atoms. The average Bonchev–Trinajstić information content (AvgIpc) is 2.41. The maximum Gasteiger partial charge on any atom is 0.239 e. The number of aryl methyl sites for hydroxylation is 2. The van der Waals surface area contributed by atoms with E-state index < -0.39 is 0 Å². The molecule has 2 unspecified atom stereocenters. The van der Waals surface area contributed by atoms with E-state index in [9.17, 15) is 4.79 Å². The number of anilines is 1. The quantitative estimate of drug-likeness (QED) is 0.786. The van der Waals surface area contributed by atoms with Crippen LogP contribution < -0.4 is 16.0 Å². The average molecular weight is 275 g/mol. The molecule has 2 rings (SSSR count). The fourth-order valence-corrected chi connectivity index (χ4v) is 2.75. The number of para-hydroxylation sites is 1. The Balaban J connectivity index is 1.86. The summed E-state index contributed by atoms with van der Waals surface area (Å²) in [7, 11) is 0. The van der Waals surface area contributed by atoms with Gasteiger partial charge < -0.3 is 16.0 Å². The summed E-state index contributed by atoms with van der Waals surface area (Å²) < 4.78 is 0. The van der Waals surface area contributed by atoms with Gasteiger partial charge in [0.05, 0.1) is 6.54 Å². The van der Waals surface area contributed by atoms with Gasteiger partial charge in [-0.1, -0.05) is 25.1 Å². The molecule has 1 aromatic carbocycles. The summed E-state index contributed by atoms with van der Waals surface area (Å²) in [5.41, 5.74) is 3.42. The highest BCUT2D eigenvalue weighted by atomic mass is 16.2. The van der Waals surface area contributed by atoms with Gasteiger partial charge >= 0.3 is 0 Å². The Morgan fingerprint density at radius 2 is 2.05 bits per heavy atom. The Kier molecular flexibility index (Phi) is 5.01. The van der Waals surface area contributed by atoms with E-state index in [2.05, 4.69) is 48.9 Å². The fourth-order valence-electron chi connectivity index (χ4n) is 2.75. The zero-order chi connectivity index (χ0) is 14.5. The van der Waals surface area contributed by atoms with E-state index in [-0.39, 0.29) is 5.91 Å². The summed E-state index contributed by atoms with van der Waals surface area (Å²) in [5.74, 6) is 0.569. The van der Waals surface area contributed by atoms with Crippen LogP contribution >= 0.6 is 0 Å². The molecule has 2 atom stereocenters. The molecule has 1 fully saturated rings. The standard InChI is InChI=1S/C16H25N3O/c1-11-5-4-6-12(2)16(11)18-10-15(20)19-14-7-8-17-9-13(14)3/h4-6,13-14,17-18H,7-10H2,1-3H3,(H,19,20). The Hall–Kier alpha value is -1.55. The summed E-state index contributed by atoms with van der Waals surface area (Å²) in [6, 6.07) is 6.44. The third kappa shape index (κ3) is 3.73. The number of hydrogen-bond acceptors (Lipinski definition) is 3. The lowest BCUT2D eigenvalue weighted by Crippen LogP contribution is -2.49. The number of nitrogens with one attached hydrogen (secondary N) is 3. The lowest BCUT2D eigenvalue weighted by atomic mass is 9.95. The minimum Gasteiger partial charge on any atom is -0.376 e. The molecule has 20 heavy (non-hydrogen) atoms. The fraction of sp³-hybridized carbons (Fsp3) is 0.562. The molecule has 1 aliphatic heterocycles. The van der Waals surface area contributed by atoms with Gasteiger partial charge in [0.1, 0.15) is 0 Å². The van der Waals surface area contributed by atoms with E-state index >= 15 is 0 Å². The molecule has 0 aliphatic carbocycles. The number of hydrogen-bond donors (Lipinski definition) is 3. The zero-order valence-corrected chi connectivity index (χ0v) is 12.6. The summed E-state index contributed by atoms with van der Waals surface area (Å²) in [6.45, 7) is 8.59. The molecular formula is C16H25N3O. The van der Waals surface area contributed by atoms with Gasteiger partial charge in [0.15, 0.2) is 0 Å².